The van der Waals surface area contributed by atoms with E-state index in [1.807, 2.05) is 6.92 Å². The van der Waals surface area contributed by atoms with Crippen molar-refractivity contribution < 1.29 is 13.2 Å². The number of nitrogens with one attached hydrogen (secondary N) is 1. The Bertz CT molecular complexity index is 613. The van der Waals surface area contributed by atoms with Crippen LogP contribution < -0.4 is 11.1 Å². The Balaban J connectivity index is 2.44. The number of carbonyl (C=O) groups is 1. The predicted molar refractivity (Wildman–Crippen MR) is 72.0 cm³/mol. The van der Waals surface area contributed by atoms with E-state index in [2.05, 4.69) is 5.32 Å². The van der Waals surface area contributed by atoms with E-state index < -0.39 is 16.1 Å². The van der Waals surface area contributed by atoms with Gasteiger partial charge in [-0.15, -0.1) is 0 Å². The van der Waals surface area contributed by atoms with E-state index in [9.17, 15) is 13.2 Å². The number of benzene rings is 1. The molecule has 19 heavy (non-hydrogen) atoms. The van der Waals surface area contributed by atoms with Crippen LogP contribution >= 0.6 is 0 Å². The second kappa shape index (κ2) is 4.82. The Hall–Kier alpha value is -1.60. The van der Waals surface area contributed by atoms with Crippen LogP contribution in [-0.2, 0) is 14.8 Å². The number of nitrogens with two attached hydrogens (primary N) is 1. The molecule has 3 N–H and O–H groups in total. The van der Waals surface area contributed by atoms with Gasteiger partial charge in [-0.2, -0.15) is 4.31 Å². The van der Waals surface area contributed by atoms with E-state index in [0.717, 1.165) is 5.56 Å². The number of rotatable bonds is 2. The summed E-state index contributed by atoms with van der Waals surface area (Å²) >= 11 is 0. The smallest absolute Gasteiger partial charge is 0.245 e. The number of carbonyl (C=O) groups excluding carboxylic acids is 1. The fourth-order valence-corrected chi connectivity index (χ4v) is 3.81. The molecule has 104 valence electrons. The highest BCUT2D eigenvalue weighted by molar-refractivity contribution is 7.89. The summed E-state index contributed by atoms with van der Waals surface area (Å²) in [5.41, 5.74) is 6.88. The highest BCUT2D eigenvalue weighted by atomic mass is 32.2. The minimum absolute atomic E-state index is 0.0552. The Morgan fingerprint density at radius 3 is 2.74 bits per heavy atom. The zero-order chi connectivity index (χ0) is 14.2. The van der Waals surface area contributed by atoms with Crippen molar-refractivity contribution >= 4 is 21.6 Å². The number of piperazine rings is 1. The average Bonchev–Trinajstić information content (AvgIpc) is 2.31. The molecule has 7 heteroatoms. The Morgan fingerprint density at radius 1 is 1.42 bits per heavy atom. The predicted octanol–water partition coefficient (Wildman–Crippen LogP) is 0.0862. The molecule has 2 rings (SSSR count). The molecule has 0 aliphatic carbocycles. The van der Waals surface area contributed by atoms with Gasteiger partial charge in [-0.05, 0) is 31.5 Å². The van der Waals surface area contributed by atoms with Gasteiger partial charge in [0.05, 0.1) is 5.69 Å². The number of nitrogens with zero attached hydrogens (tertiary/aromatic N) is 1. The van der Waals surface area contributed by atoms with E-state index in [-0.39, 0.29) is 23.0 Å². The maximum absolute atomic E-state index is 12.5. The monoisotopic (exact) mass is 283 g/mol. The fourth-order valence-electron chi connectivity index (χ4n) is 2.12. The van der Waals surface area contributed by atoms with Crippen molar-refractivity contribution in [3.05, 3.63) is 23.8 Å². The van der Waals surface area contributed by atoms with Gasteiger partial charge in [0.1, 0.15) is 10.9 Å². The number of aryl methyl sites for hydroxylation is 1. The lowest BCUT2D eigenvalue weighted by Gasteiger charge is -2.32. The maximum atomic E-state index is 12.5. The number of anilines is 1. The molecule has 1 heterocycles. The van der Waals surface area contributed by atoms with Gasteiger partial charge in [0.15, 0.2) is 0 Å². The van der Waals surface area contributed by atoms with Crippen molar-refractivity contribution in [1.82, 2.24) is 9.62 Å². The second-order valence-corrected chi connectivity index (χ2v) is 6.48. The molecule has 1 aromatic carbocycles. The fraction of sp³-hybridized carbons (Fsp3) is 0.417. The van der Waals surface area contributed by atoms with Gasteiger partial charge in [-0.1, -0.05) is 6.07 Å². The third-order valence-corrected chi connectivity index (χ3v) is 5.24. The molecule has 0 saturated carbocycles. The third kappa shape index (κ3) is 2.43. The van der Waals surface area contributed by atoms with Crippen LogP contribution in [0.3, 0.4) is 0 Å². The van der Waals surface area contributed by atoms with Gasteiger partial charge in [0.2, 0.25) is 15.9 Å². The molecule has 6 nitrogen and oxygen atoms in total. The van der Waals surface area contributed by atoms with Crippen LogP contribution in [0.15, 0.2) is 23.1 Å². The summed E-state index contributed by atoms with van der Waals surface area (Å²) in [6.45, 7) is 3.97. The molecule has 0 spiro atoms. The first-order chi connectivity index (χ1) is 8.84. The summed E-state index contributed by atoms with van der Waals surface area (Å²) < 4.78 is 26.3. The molecular formula is C12H17N3O3S. The summed E-state index contributed by atoms with van der Waals surface area (Å²) in [5.74, 6) is -0.291. The van der Waals surface area contributed by atoms with Crippen molar-refractivity contribution in [2.24, 2.45) is 0 Å². The molecular weight excluding hydrogens is 266 g/mol. The van der Waals surface area contributed by atoms with Crippen LogP contribution in [0, 0.1) is 6.92 Å². The molecule has 1 amide bonds. The summed E-state index contributed by atoms with van der Waals surface area (Å²) in [6.07, 6.45) is 0. The average molecular weight is 283 g/mol. The highest BCUT2D eigenvalue weighted by Crippen LogP contribution is 2.25. The minimum Gasteiger partial charge on any atom is -0.398 e. The molecule has 0 aromatic heterocycles. The van der Waals surface area contributed by atoms with Crippen LogP contribution in [0.1, 0.15) is 12.5 Å². The lowest BCUT2D eigenvalue weighted by Crippen LogP contribution is -2.55. The third-order valence-electron chi connectivity index (χ3n) is 3.19. The highest BCUT2D eigenvalue weighted by Gasteiger charge is 2.36. The molecule has 1 aliphatic heterocycles. The number of sulfonamides is 1. The van der Waals surface area contributed by atoms with E-state index in [1.54, 1.807) is 19.1 Å². The lowest BCUT2D eigenvalue weighted by molar-refractivity contribution is -0.126. The van der Waals surface area contributed by atoms with Gasteiger partial charge in [-0.25, -0.2) is 8.42 Å². The number of hydrogen-bond acceptors (Lipinski definition) is 4. The first-order valence-electron chi connectivity index (χ1n) is 5.99. The number of nitrogen functional groups attached to an aromatic ring is 1. The van der Waals surface area contributed by atoms with Gasteiger partial charge in [-0.3, -0.25) is 4.79 Å². The largest absolute Gasteiger partial charge is 0.398 e. The number of hydrogen-bond donors (Lipinski definition) is 2. The van der Waals surface area contributed by atoms with E-state index in [0.29, 0.717) is 6.54 Å². The Labute approximate surface area is 112 Å². The molecule has 1 aliphatic rings. The number of amides is 1. The van der Waals surface area contributed by atoms with Crippen LogP contribution in [0.2, 0.25) is 0 Å². The summed E-state index contributed by atoms with van der Waals surface area (Å²) in [6, 6.07) is 4.07. The Morgan fingerprint density at radius 2 is 2.11 bits per heavy atom. The van der Waals surface area contributed by atoms with Crippen molar-refractivity contribution in [3.8, 4) is 0 Å². The molecule has 1 atom stereocenters. The van der Waals surface area contributed by atoms with Crippen molar-refractivity contribution in [2.75, 3.05) is 18.8 Å². The van der Waals surface area contributed by atoms with Gasteiger partial charge in [0.25, 0.3) is 0 Å². The first kappa shape index (κ1) is 13.8. The SMILES string of the molecule is Cc1ccc(S(=O)(=O)N2CCNC(=O)C2C)c(N)c1. The topological polar surface area (TPSA) is 92.5 Å². The standard InChI is InChI=1S/C12H17N3O3S/c1-8-3-4-11(10(13)7-8)19(17,18)15-6-5-14-12(16)9(15)2/h3-4,7,9H,5-6,13H2,1-2H3,(H,14,16). The van der Waals surface area contributed by atoms with Crippen LogP contribution in [0.4, 0.5) is 5.69 Å². The summed E-state index contributed by atoms with van der Waals surface area (Å²) in [7, 11) is -3.74. The molecule has 1 aromatic rings. The minimum atomic E-state index is -3.74. The van der Waals surface area contributed by atoms with Crippen LogP contribution in [-0.4, -0.2) is 37.8 Å². The van der Waals surface area contributed by atoms with E-state index >= 15 is 0 Å². The summed E-state index contributed by atoms with van der Waals surface area (Å²) in [5, 5.41) is 2.63. The van der Waals surface area contributed by atoms with E-state index in [1.165, 1.54) is 10.4 Å². The molecule has 1 fully saturated rings. The van der Waals surface area contributed by atoms with Crippen molar-refractivity contribution in [3.63, 3.8) is 0 Å². The van der Waals surface area contributed by atoms with Crippen molar-refractivity contribution in [2.45, 2.75) is 24.8 Å². The zero-order valence-electron chi connectivity index (χ0n) is 10.9. The normalized spacial score (nSPS) is 21.2. The molecule has 0 bridgehead atoms. The van der Waals surface area contributed by atoms with Crippen molar-refractivity contribution in [1.29, 1.82) is 0 Å². The quantitative estimate of drug-likeness (QED) is 0.752. The zero-order valence-corrected chi connectivity index (χ0v) is 11.7. The second-order valence-electron chi connectivity index (χ2n) is 4.62. The van der Waals surface area contributed by atoms with Crippen LogP contribution in [0.5, 0.6) is 0 Å². The van der Waals surface area contributed by atoms with E-state index in [4.69, 9.17) is 5.73 Å². The van der Waals surface area contributed by atoms with Gasteiger partial charge >= 0.3 is 0 Å². The summed E-state index contributed by atoms with van der Waals surface area (Å²) in [4.78, 5) is 11.6. The maximum Gasteiger partial charge on any atom is 0.245 e. The van der Waals surface area contributed by atoms with Gasteiger partial charge in [0, 0.05) is 13.1 Å². The lowest BCUT2D eigenvalue weighted by atomic mass is 10.2. The Kier molecular flexibility index (Phi) is 3.51. The van der Waals surface area contributed by atoms with Gasteiger partial charge < -0.3 is 11.1 Å². The first-order valence-corrected chi connectivity index (χ1v) is 7.43. The molecule has 1 saturated heterocycles. The molecule has 0 radical (unpaired) electrons. The molecule has 1 unspecified atom stereocenters. The van der Waals surface area contributed by atoms with Crippen LogP contribution in [0.25, 0.3) is 0 Å².